The second-order valence-corrected chi connectivity index (χ2v) is 3.08. The van der Waals surface area contributed by atoms with Gasteiger partial charge in [0.15, 0.2) is 12.5 Å². The van der Waals surface area contributed by atoms with Crippen LogP contribution in [-0.2, 0) is 4.74 Å². The molecule has 0 saturated carbocycles. The van der Waals surface area contributed by atoms with Crippen molar-refractivity contribution in [1.82, 2.24) is 0 Å². The van der Waals surface area contributed by atoms with Crippen LogP contribution in [0.4, 0.5) is 0 Å². The number of hydrogen-bond acceptors (Lipinski definition) is 3. The summed E-state index contributed by atoms with van der Waals surface area (Å²) in [7, 11) is 0. The minimum Gasteiger partial charge on any atom is -0.478 e. The van der Waals surface area contributed by atoms with Crippen molar-refractivity contribution < 1.29 is 19.4 Å². The molecule has 0 aromatic heterocycles. The van der Waals surface area contributed by atoms with Crippen LogP contribution in [0.1, 0.15) is 17.3 Å². The number of para-hydroxylation sites is 1. The minimum absolute atomic E-state index is 0.0134. The van der Waals surface area contributed by atoms with Crippen molar-refractivity contribution in [3.05, 3.63) is 28.8 Å². The van der Waals surface area contributed by atoms with E-state index < -0.39 is 5.97 Å². The molecule has 0 aliphatic rings. The zero-order chi connectivity index (χ0) is 11.3. The summed E-state index contributed by atoms with van der Waals surface area (Å²) in [6, 6.07) is 4.55. The van der Waals surface area contributed by atoms with Crippen LogP contribution in [-0.4, -0.2) is 24.5 Å². The number of hydrogen-bond donors (Lipinski definition) is 1. The molecule has 0 saturated heterocycles. The number of rotatable bonds is 5. The van der Waals surface area contributed by atoms with Gasteiger partial charge in [-0.3, -0.25) is 0 Å². The third-order valence-electron chi connectivity index (χ3n) is 1.69. The maximum Gasteiger partial charge on any atom is 0.339 e. The molecular weight excluding hydrogens is 220 g/mol. The van der Waals surface area contributed by atoms with Gasteiger partial charge in [0.1, 0.15) is 5.56 Å². The van der Waals surface area contributed by atoms with Gasteiger partial charge in [-0.1, -0.05) is 17.7 Å². The normalized spacial score (nSPS) is 10.0. The lowest BCUT2D eigenvalue weighted by Crippen LogP contribution is -2.07. The zero-order valence-corrected chi connectivity index (χ0v) is 8.95. The summed E-state index contributed by atoms with van der Waals surface area (Å²) >= 11 is 5.81. The van der Waals surface area contributed by atoms with E-state index in [9.17, 15) is 4.79 Å². The Labute approximate surface area is 92.4 Å². The molecule has 1 N–H and O–H groups in total. The summed E-state index contributed by atoms with van der Waals surface area (Å²) in [5.41, 5.74) is 0.0298. The van der Waals surface area contributed by atoms with Gasteiger partial charge in [-0.05, 0) is 19.1 Å². The molecule has 15 heavy (non-hydrogen) atoms. The second kappa shape index (κ2) is 5.58. The molecule has 0 radical (unpaired) electrons. The molecule has 5 heteroatoms. The first kappa shape index (κ1) is 11.8. The fourth-order valence-corrected chi connectivity index (χ4v) is 1.24. The Morgan fingerprint density at radius 1 is 1.53 bits per heavy atom. The average molecular weight is 231 g/mol. The molecule has 0 aliphatic carbocycles. The van der Waals surface area contributed by atoms with Crippen molar-refractivity contribution in [2.75, 3.05) is 13.4 Å². The predicted molar refractivity (Wildman–Crippen MR) is 55.5 cm³/mol. The summed E-state index contributed by atoms with van der Waals surface area (Å²) in [6.45, 7) is 2.29. The van der Waals surface area contributed by atoms with Crippen molar-refractivity contribution in [3.8, 4) is 5.75 Å². The summed E-state index contributed by atoms with van der Waals surface area (Å²) in [4.78, 5) is 10.8. The predicted octanol–water partition coefficient (Wildman–Crippen LogP) is 2.41. The molecule has 0 aliphatic heterocycles. The Kier molecular flexibility index (Phi) is 4.39. The van der Waals surface area contributed by atoms with Gasteiger partial charge in [-0.2, -0.15) is 0 Å². The minimum atomic E-state index is -1.08. The molecule has 4 nitrogen and oxygen atoms in total. The molecule has 82 valence electrons. The first-order valence-corrected chi connectivity index (χ1v) is 4.77. The third-order valence-corrected chi connectivity index (χ3v) is 1.99. The fourth-order valence-electron chi connectivity index (χ4n) is 1.01. The lowest BCUT2D eigenvalue weighted by molar-refractivity contribution is 0.0214. The van der Waals surface area contributed by atoms with E-state index >= 15 is 0 Å². The Morgan fingerprint density at radius 3 is 2.87 bits per heavy atom. The number of benzene rings is 1. The topological polar surface area (TPSA) is 55.8 Å². The molecule has 0 unspecified atom stereocenters. The molecule has 0 fully saturated rings. The van der Waals surface area contributed by atoms with Crippen molar-refractivity contribution in [1.29, 1.82) is 0 Å². The first-order valence-electron chi connectivity index (χ1n) is 4.39. The van der Waals surface area contributed by atoms with E-state index in [-0.39, 0.29) is 23.1 Å². The summed E-state index contributed by atoms with van der Waals surface area (Å²) < 4.78 is 10.1. The molecule has 0 spiro atoms. The first-order chi connectivity index (χ1) is 7.16. The standard InChI is InChI=1S/C10H11ClO4/c1-2-14-6-15-9-7(10(12)13)4-3-5-8(9)11/h3-5H,2,6H2,1H3,(H,12,13). The highest BCUT2D eigenvalue weighted by Crippen LogP contribution is 2.28. The Hall–Kier alpha value is -1.26. The number of aromatic carboxylic acids is 1. The monoisotopic (exact) mass is 230 g/mol. The molecule has 1 aromatic rings. The van der Waals surface area contributed by atoms with Crippen molar-refractivity contribution in [3.63, 3.8) is 0 Å². The van der Waals surface area contributed by atoms with Crippen LogP contribution in [0, 0.1) is 0 Å². The number of halogens is 1. The maximum absolute atomic E-state index is 10.8. The smallest absolute Gasteiger partial charge is 0.339 e. The van der Waals surface area contributed by atoms with Gasteiger partial charge in [-0.25, -0.2) is 4.79 Å². The number of carboxylic acid groups (broad SMARTS) is 1. The van der Waals surface area contributed by atoms with Crippen LogP contribution in [0.15, 0.2) is 18.2 Å². The van der Waals surface area contributed by atoms with E-state index in [0.29, 0.717) is 6.61 Å². The van der Waals surface area contributed by atoms with Crippen LogP contribution < -0.4 is 4.74 Å². The van der Waals surface area contributed by atoms with Crippen LogP contribution in [0.3, 0.4) is 0 Å². The molecule has 0 amide bonds. The van der Waals surface area contributed by atoms with Crippen molar-refractivity contribution in [2.24, 2.45) is 0 Å². The number of carbonyl (C=O) groups is 1. The highest BCUT2D eigenvalue weighted by Gasteiger charge is 2.14. The Balaban J connectivity index is 2.87. The summed E-state index contributed by atoms with van der Waals surface area (Å²) in [5, 5.41) is 9.13. The van der Waals surface area contributed by atoms with Gasteiger partial charge in [0.25, 0.3) is 0 Å². The zero-order valence-electron chi connectivity index (χ0n) is 8.20. The fraction of sp³-hybridized carbons (Fsp3) is 0.300. The lowest BCUT2D eigenvalue weighted by atomic mass is 10.2. The molecule has 1 rings (SSSR count). The van der Waals surface area contributed by atoms with Gasteiger partial charge in [0.2, 0.25) is 0 Å². The largest absolute Gasteiger partial charge is 0.478 e. The number of ether oxygens (including phenoxy) is 2. The summed E-state index contributed by atoms with van der Waals surface area (Å²) in [6.07, 6.45) is 0. The van der Waals surface area contributed by atoms with Crippen molar-refractivity contribution >= 4 is 17.6 Å². The van der Waals surface area contributed by atoms with Gasteiger partial charge < -0.3 is 14.6 Å². The van der Waals surface area contributed by atoms with E-state index in [2.05, 4.69) is 0 Å². The van der Waals surface area contributed by atoms with Crippen LogP contribution in [0.2, 0.25) is 5.02 Å². The van der Waals surface area contributed by atoms with Gasteiger partial charge in [0, 0.05) is 6.61 Å². The molecule has 0 atom stereocenters. The SMILES string of the molecule is CCOCOc1c(Cl)cccc1C(=O)O. The Bertz CT molecular complexity index is 351. The molecule has 1 aromatic carbocycles. The number of carboxylic acids is 1. The van der Waals surface area contributed by atoms with Crippen LogP contribution >= 0.6 is 11.6 Å². The quantitative estimate of drug-likeness (QED) is 0.623. The third kappa shape index (κ3) is 3.11. The van der Waals surface area contributed by atoms with Crippen molar-refractivity contribution in [2.45, 2.75) is 6.92 Å². The highest BCUT2D eigenvalue weighted by molar-refractivity contribution is 6.32. The van der Waals surface area contributed by atoms with E-state index in [0.717, 1.165) is 0 Å². The molecule has 0 bridgehead atoms. The van der Waals surface area contributed by atoms with Crippen LogP contribution in [0.5, 0.6) is 5.75 Å². The van der Waals surface area contributed by atoms with E-state index in [1.807, 2.05) is 6.92 Å². The van der Waals surface area contributed by atoms with Gasteiger partial charge >= 0.3 is 5.97 Å². The van der Waals surface area contributed by atoms with E-state index in [1.165, 1.54) is 6.07 Å². The van der Waals surface area contributed by atoms with E-state index in [4.69, 9.17) is 26.2 Å². The molecular formula is C10H11ClO4. The Morgan fingerprint density at radius 2 is 2.27 bits per heavy atom. The lowest BCUT2D eigenvalue weighted by Gasteiger charge is -2.10. The second-order valence-electron chi connectivity index (χ2n) is 2.68. The average Bonchev–Trinajstić information content (AvgIpc) is 2.20. The molecule has 0 heterocycles. The van der Waals surface area contributed by atoms with E-state index in [1.54, 1.807) is 12.1 Å². The van der Waals surface area contributed by atoms with Gasteiger partial charge in [0.05, 0.1) is 5.02 Å². The maximum atomic E-state index is 10.8. The summed E-state index contributed by atoms with van der Waals surface area (Å²) in [5.74, 6) is -0.941. The van der Waals surface area contributed by atoms with Crippen LogP contribution in [0.25, 0.3) is 0 Å². The van der Waals surface area contributed by atoms with Gasteiger partial charge in [-0.15, -0.1) is 0 Å². The highest BCUT2D eigenvalue weighted by atomic mass is 35.5.